The summed E-state index contributed by atoms with van der Waals surface area (Å²) < 4.78 is 20.4. The van der Waals surface area contributed by atoms with Gasteiger partial charge < -0.3 is 59.8 Å². The van der Waals surface area contributed by atoms with Crippen molar-refractivity contribution in [3.63, 3.8) is 0 Å². The van der Waals surface area contributed by atoms with Crippen LogP contribution in [-0.2, 0) is 25.6 Å². The van der Waals surface area contributed by atoms with E-state index in [1.807, 2.05) is 0 Å². The Balaban J connectivity index is 1.70. The molecule has 2 aromatic carbocycles. The highest BCUT2D eigenvalue weighted by atomic mass is 16.7. The van der Waals surface area contributed by atoms with Gasteiger partial charge in [0.1, 0.15) is 37.6 Å². The quantitative estimate of drug-likeness (QED) is 0.170. The van der Waals surface area contributed by atoms with E-state index in [0.29, 0.717) is 0 Å². The topological polar surface area (TPSA) is 233 Å². The van der Waals surface area contributed by atoms with Gasteiger partial charge in [-0.15, -0.1) is 0 Å². The van der Waals surface area contributed by atoms with Crippen molar-refractivity contribution in [1.29, 1.82) is 0 Å². The fourth-order valence-electron chi connectivity index (χ4n) is 3.28. The number of hydrogen-bond donors (Lipinski definition) is 8. The molecule has 1 fully saturated rings. The van der Waals surface area contributed by atoms with Gasteiger partial charge >= 0.3 is 11.9 Å². The van der Waals surface area contributed by atoms with Crippen LogP contribution in [0.25, 0.3) is 0 Å². The van der Waals surface area contributed by atoms with Crippen LogP contribution in [0.4, 0.5) is 0 Å². The number of phenolic OH excluding ortho intramolecular Hbond substituents is 5. The number of phenols is 5. The lowest BCUT2D eigenvalue weighted by atomic mass is 9.99. The summed E-state index contributed by atoms with van der Waals surface area (Å²) in [5.41, 5.74) is -0.213. The number of benzene rings is 2. The first-order valence-electron chi connectivity index (χ1n) is 10.4. The summed E-state index contributed by atoms with van der Waals surface area (Å²) in [4.78, 5) is 23.2. The highest BCUT2D eigenvalue weighted by molar-refractivity contribution is 5.91. The molecule has 2 aromatic rings. The predicted octanol–water partition coefficient (Wildman–Crippen LogP) is -0.679. The molecule has 0 aromatic heterocycles. The zero-order valence-electron chi connectivity index (χ0n) is 18.6. The molecule has 8 N–H and O–H groups in total. The Morgan fingerprint density at radius 1 is 0.833 bits per heavy atom. The Hall–Kier alpha value is -3.98. The molecule has 0 saturated carbocycles. The van der Waals surface area contributed by atoms with Crippen LogP contribution in [0.5, 0.6) is 34.5 Å². The van der Waals surface area contributed by atoms with Gasteiger partial charge in [-0.25, -0.2) is 4.79 Å². The van der Waals surface area contributed by atoms with E-state index in [1.165, 1.54) is 0 Å². The maximum absolute atomic E-state index is 12.2. The number of esters is 2. The number of rotatable bonds is 7. The predicted molar refractivity (Wildman–Crippen MR) is 114 cm³/mol. The van der Waals surface area contributed by atoms with Gasteiger partial charge in [-0.3, -0.25) is 4.79 Å². The first kappa shape index (κ1) is 26.6. The molecule has 14 heteroatoms. The van der Waals surface area contributed by atoms with E-state index >= 15 is 0 Å². The molecule has 196 valence electrons. The number of hydrogen-bond acceptors (Lipinski definition) is 14. The summed E-state index contributed by atoms with van der Waals surface area (Å²) in [5, 5.41) is 79.2. The molecule has 0 bridgehead atoms. The molecule has 0 amide bonds. The van der Waals surface area contributed by atoms with Crippen molar-refractivity contribution in [2.45, 2.75) is 44.2 Å². The van der Waals surface area contributed by atoms with E-state index in [-0.39, 0.29) is 11.1 Å². The van der Waals surface area contributed by atoms with Gasteiger partial charge in [-0.1, -0.05) is 0 Å². The van der Waals surface area contributed by atoms with Gasteiger partial charge in [0.15, 0.2) is 28.7 Å². The standard InChI is InChI=1S/C22H24O14/c1-8(23)33-7-15-17(29)18(30)19(31)22(35-15)36-20-13(26)2-9(3-14(20)27)6-34-21(32)10-4-11(24)16(28)12(25)5-10/h2-5,15,17-19,22,24-31H,6-7H2,1H3. The summed E-state index contributed by atoms with van der Waals surface area (Å²) in [6.45, 7) is 0.154. The van der Waals surface area contributed by atoms with E-state index in [0.717, 1.165) is 31.2 Å². The van der Waals surface area contributed by atoms with E-state index in [4.69, 9.17) is 18.9 Å². The largest absolute Gasteiger partial charge is 0.504 e. The Bertz CT molecular complexity index is 1090. The summed E-state index contributed by atoms with van der Waals surface area (Å²) in [5.74, 6) is -5.93. The Kier molecular flexibility index (Phi) is 7.94. The minimum Gasteiger partial charge on any atom is -0.504 e. The van der Waals surface area contributed by atoms with Gasteiger partial charge in [0.05, 0.1) is 5.56 Å². The number of carbonyl (C=O) groups is 2. The summed E-state index contributed by atoms with van der Waals surface area (Å²) >= 11 is 0. The SMILES string of the molecule is CC(=O)OCC1OC(Oc2c(O)cc(COC(=O)c3cc(O)c(O)c(O)c3)cc2O)C(O)C(O)C1O. The van der Waals surface area contributed by atoms with Crippen molar-refractivity contribution in [2.75, 3.05) is 6.61 Å². The monoisotopic (exact) mass is 512 g/mol. The number of carbonyl (C=O) groups excluding carboxylic acids is 2. The molecule has 5 atom stereocenters. The molecular weight excluding hydrogens is 488 g/mol. The van der Waals surface area contributed by atoms with Gasteiger partial charge in [-0.05, 0) is 29.8 Å². The minimum atomic E-state index is -1.81. The third kappa shape index (κ3) is 5.80. The molecular formula is C22H24O14. The highest BCUT2D eigenvalue weighted by Gasteiger charge is 2.46. The smallest absolute Gasteiger partial charge is 0.338 e. The van der Waals surface area contributed by atoms with Crippen molar-refractivity contribution >= 4 is 11.9 Å². The van der Waals surface area contributed by atoms with Gasteiger partial charge in [0.2, 0.25) is 12.0 Å². The number of aliphatic hydroxyl groups is 3. The molecule has 36 heavy (non-hydrogen) atoms. The number of aromatic hydroxyl groups is 5. The van der Waals surface area contributed by atoms with Crippen LogP contribution in [0.3, 0.4) is 0 Å². The average molecular weight is 512 g/mol. The van der Waals surface area contributed by atoms with Crippen LogP contribution in [0.2, 0.25) is 0 Å². The second kappa shape index (κ2) is 10.7. The lowest BCUT2D eigenvalue weighted by molar-refractivity contribution is -0.278. The Morgan fingerprint density at radius 3 is 1.97 bits per heavy atom. The molecule has 1 heterocycles. The highest BCUT2D eigenvalue weighted by Crippen LogP contribution is 2.40. The van der Waals surface area contributed by atoms with Crippen LogP contribution >= 0.6 is 0 Å². The fraction of sp³-hybridized carbons (Fsp3) is 0.364. The van der Waals surface area contributed by atoms with Gasteiger partial charge in [0, 0.05) is 6.92 Å². The third-order valence-electron chi connectivity index (χ3n) is 5.14. The second-order valence-electron chi connectivity index (χ2n) is 7.84. The average Bonchev–Trinajstić information content (AvgIpc) is 2.81. The van der Waals surface area contributed by atoms with E-state index in [1.54, 1.807) is 0 Å². The zero-order chi connectivity index (χ0) is 26.7. The van der Waals surface area contributed by atoms with Crippen molar-refractivity contribution in [1.82, 2.24) is 0 Å². The summed E-state index contributed by atoms with van der Waals surface area (Å²) in [6, 6.07) is 3.81. The maximum Gasteiger partial charge on any atom is 0.338 e. The summed E-state index contributed by atoms with van der Waals surface area (Å²) in [6.07, 6.45) is -8.20. The van der Waals surface area contributed by atoms with Crippen LogP contribution in [0.15, 0.2) is 24.3 Å². The molecule has 1 saturated heterocycles. The molecule has 1 aliphatic rings. The van der Waals surface area contributed by atoms with E-state index < -0.39 is 90.4 Å². The lowest BCUT2D eigenvalue weighted by Gasteiger charge is -2.39. The second-order valence-corrected chi connectivity index (χ2v) is 7.84. The van der Waals surface area contributed by atoms with Gasteiger partial charge in [-0.2, -0.15) is 0 Å². The zero-order valence-corrected chi connectivity index (χ0v) is 18.6. The minimum absolute atomic E-state index is 0.0752. The van der Waals surface area contributed by atoms with Crippen molar-refractivity contribution in [2.24, 2.45) is 0 Å². The van der Waals surface area contributed by atoms with Crippen molar-refractivity contribution in [3.05, 3.63) is 35.4 Å². The third-order valence-corrected chi connectivity index (χ3v) is 5.14. The Morgan fingerprint density at radius 2 is 1.42 bits per heavy atom. The van der Waals surface area contributed by atoms with Crippen LogP contribution in [0, 0.1) is 0 Å². The molecule has 0 aliphatic carbocycles. The van der Waals surface area contributed by atoms with E-state index in [2.05, 4.69) is 0 Å². The first-order valence-corrected chi connectivity index (χ1v) is 10.4. The van der Waals surface area contributed by atoms with Crippen molar-refractivity contribution in [3.8, 4) is 34.5 Å². The molecule has 0 radical (unpaired) electrons. The molecule has 5 unspecified atom stereocenters. The normalized spacial score (nSPS) is 23.6. The first-order chi connectivity index (χ1) is 16.9. The summed E-state index contributed by atoms with van der Waals surface area (Å²) in [7, 11) is 0. The molecule has 14 nitrogen and oxygen atoms in total. The van der Waals surface area contributed by atoms with Gasteiger partial charge in [0.25, 0.3) is 0 Å². The van der Waals surface area contributed by atoms with Crippen LogP contribution < -0.4 is 4.74 Å². The van der Waals surface area contributed by atoms with E-state index in [9.17, 15) is 50.4 Å². The maximum atomic E-state index is 12.2. The number of ether oxygens (including phenoxy) is 4. The van der Waals surface area contributed by atoms with Crippen LogP contribution in [-0.4, -0.2) is 90.1 Å². The molecule has 3 rings (SSSR count). The molecule has 1 aliphatic heterocycles. The lowest BCUT2D eigenvalue weighted by Crippen LogP contribution is -2.60. The number of aliphatic hydroxyl groups excluding tert-OH is 3. The van der Waals surface area contributed by atoms with Crippen LogP contribution in [0.1, 0.15) is 22.8 Å². The Labute approximate surface area is 202 Å². The fourth-order valence-corrected chi connectivity index (χ4v) is 3.28. The van der Waals surface area contributed by atoms with Crippen molar-refractivity contribution < 1.29 is 69.4 Å². The molecule has 0 spiro atoms.